The monoisotopic (exact) mass is 247 g/mol. The first-order valence-electron chi connectivity index (χ1n) is 5.76. The fourth-order valence-corrected chi connectivity index (χ4v) is 1.97. The van der Waals surface area contributed by atoms with Gasteiger partial charge in [-0.25, -0.2) is 8.78 Å². The Kier molecular flexibility index (Phi) is 3.43. The molecule has 2 rings (SSSR count). The molecule has 2 aromatic carbocycles. The summed E-state index contributed by atoms with van der Waals surface area (Å²) >= 11 is 0. The summed E-state index contributed by atoms with van der Waals surface area (Å²) in [6.07, 6.45) is 0. The first kappa shape index (κ1) is 12.7. The summed E-state index contributed by atoms with van der Waals surface area (Å²) in [5.41, 5.74) is 8.41. The van der Waals surface area contributed by atoms with Crippen LogP contribution in [0.1, 0.15) is 28.3 Å². The van der Waals surface area contributed by atoms with E-state index in [1.54, 1.807) is 24.3 Å². The summed E-state index contributed by atoms with van der Waals surface area (Å²) in [7, 11) is 0. The Labute approximate surface area is 105 Å². The highest BCUT2D eigenvalue weighted by atomic mass is 19.1. The number of rotatable bonds is 2. The van der Waals surface area contributed by atoms with Crippen LogP contribution in [0.4, 0.5) is 8.78 Å². The van der Waals surface area contributed by atoms with Crippen molar-refractivity contribution in [1.29, 1.82) is 0 Å². The quantitative estimate of drug-likeness (QED) is 0.861. The van der Waals surface area contributed by atoms with E-state index in [-0.39, 0.29) is 0 Å². The molecule has 18 heavy (non-hydrogen) atoms. The zero-order valence-corrected chi connectivity index (χ0v) is 10.4. The van der Waals surface area contributed by atoms with Gasteiger partial charge >= 0.3 is 0 Å². The van der Waals surface area contributed by atoms with E-state index in [0.717, 1.165) is 11.1 Å². The number of hydrogen-bond donors (Lipinski definition) is 1. The van der Waals surface area contributed by atoms with Crippen molar-refractivity contribution in [3.63, 3.8) is 0 Å². The lowest BCUT2D eigenvalue weighted by atomic mass is 9.96. The molecule has 0 saturated heterocycles. The Hall–Kier alpha value is -1.74. The van der Waals surface area contributed by atoms with E-state index in [0.29, 0.717) is 11.1 Å². The van der Waals surface area contributed by atoms with Crippen molar-refractivity contribution in [3.05, 3.63) is 70.3 Å². The third-order valence-electron chi connectivity index (χ3n) is 2.97. The van der Waals surface area contributed by atoms with Gasteiger partial charge in [0.05, 0.1) is 6.04 Å². The molecule has 0 aromatic heterocycles. The maximum absolute atomic E-state index is 13.7. The minimum atomic E-state index is -0.787. The van der Waals surface area contributed by atoms with Gasteiger partial charge in [-0.3, -0.25) is 0 Å². The molecule has 0 fully saturated rings. The number of nitrogens with two attached hydrogens (primary N) is 1. The minimum absolute atomic E-state index is 0.319. The molecule has 0 aliphatic carbocycles. The van der Waals surface area contributed by atoms with Crippen LogP contribution in [0.3, 0.4) is 0 Å². The van der Waals surface area contributed by atoms with Crippen LogP contribution in [0.15, 0.2) is 36.4 Å². The Morgan fingerprint density at radius 2 is 1.22 bits per heavy atom. The van der Waals surface area contributed by atoms with Crippen molar-refractivity contribution in [2.75, 3.05) is 0 Å². The summed E-state index contributed by atoms with van der Waals surface area (Å²) in [6.45, 7) is 3.70. The van der Waals surface area contributed by atoms with Crippen LogP contribution in [-0.2, 0) is 0 Å². The molecular weight excluding hydrogens is 232 g/mol. The van der Waals surface area contributed by atoms with E-state index in [2.05, 4.69) is 0 Å². The minimum Gasteiger partial charge on any atom is -0.320 e. The lowest BCUT2D eigenvalue weighted by Crippen LogP contribution is -2.15. The molecule has 0 unspecified atom stereocenters. The van der Waals surface area contributed by atoms with Crippen LogP contribution in [-0.4, -0.2) is 0 Å². The van der Waals surface area contributed by atoms with Gasteiger partial charge < -0.3 is 5.73 Å². The van der Waals surface area contributed by atoms with Crippen LogP contribution in [0.2, 0.25) is 0 Å². The zero-order valence-electron chi connectivity index (χ0n) is 10.4. The molecule has 0 aliphatic heterocycles. The Balaban J connectivity index is 2.50. The normalized spacial score (nSPS) is 11.0. The summed E-state index contributed by atoms with van der Waals surface area (Å²) in [5, 5.41) is 0. The largest absolute Gasteiger partial charge is 0.320 e. The van der Waals surface area contributed by atoms with E-state index < -0.39 is 17.7 Å². The van der Waals surface area contributed by atoms with Crippen molar-refractivity contribution in [1.82, 2.24) is 0 Å². The number of hydrogen-bond acceptors (Lipinski definition) is 1. The predicted molar refractivity (Wildman–Crippen MR) is 68.3 cm³/mol. The van der Waals surface area contributed by atoms with Gasteiger partial charge in [-0.2, -0.15) is 0 Å². The number of aryl methyl sites for hydroxylation is 2. The molecule has 0 heterocycles. The molecule has 0 bridgehead atoms. The SMILES string of the molecule is Cc1ccc(F)c(C(N)c2cc(C)ccc2F)c1. The van der Waals surface area contributed by atoms with Gasteiger partial charge in [-0.05, 0) is 26.0 Å². The van der Waals surface area contributed by atoms with Crippen molar-refractivity contribution in [3.8, 4) is 0 Å². The second kappa shape index (κ2) is 4.86. The van der Waals surface area contributed by atoms with Gasteiger partial charge in [-0.1, -0.05) is 35.4 Å². The van der Waals surface area contributed by atoms with Gasteiger partial charge in [0.1, 0.15) is 11.6 Å². The molecule has 0 amide bonds. The van der Waals surface area contributed by atoms with Crippen molar-refractivity contribution in [2.24, 2.45) is 5.73 Å². The predicted octanol–water partition coefficient (Wildman–Crippen LogP) is 3.63. The summed E-state index contributed by atoms with van der Waals surface area (Å²) < 4.78 is 27.5. The molecule has 2 N–H and O–H groups in total. The smallest absolute Gasteiger partial charge is 0.128 e. The van der Waals surface area contributed by atoms with Gasteiger partial charge in [-0.15, -0.1) is 0 Å². The highest BCUT2D eigenvalue weighted by Crippen LogP contribution is 2.25. The lowest BCUT2D eigenvalue weighted by Gasteiger charge is -2.15. The summed E-state index contributed by atoms with van der Waals surface area (Å²) in [4.78, 5) is 0. The van der Waals surface area contributed by atoms with Crippen LogP contribution in [0, 0.1) is 25.5 Å². The fourth-order valence-electron chi connectivity index (χ4n) is 1.97. The Morgan fingerprint density at radius 1 is 0.833 bits per heavy atom. The van der Waals surface area contributed by atoms with Gasteiger partial charge in [0.25, 0.3) is 0 Å². The standard InChI is InChI=1S/C15H15F2N/c1-9-3-5-13(16)11(7-9)15(18)12-8-10(2)4-6-14(12)17/h3-8,15H,18H2,1-2H3. The lowest BCUT2D eigenvalue weighted by molar-refractivity contribution is 0.575. The van der Waals surface area contributed by atoms with Crippen LogP contribution < -0.4 is 5.73 Å². The highest BCUT2D eigenvalue weighted by Gasteiger charge is 2.17. The number of halogens is 2. The van der Waals surface area contributed by atoms with Gasteiger partial charge in [0, 0.05) is 11.1 Å². The first-order valence-corrected chi connectivity index (χ1v) is 5.76. The maximum Gasteiger partial charge on any atom is 0.128 e. The number of benzene rings is 2. The Bertz CT molecular complexity index is 527. The maximum atomic E-state index is 13.7. The molecular formula is C15H15F2N. The second-order valence-electron chi connectivity index (χ2n) is 4.53. The fraction of sp³-hybridized carbons (Fsp3) is 0.200. The van der Waals surface area contributed by atoms with Gasteiger partial charge in [0.2, 0.25) is 0 Å². The van der Waals surface area contributed by atoms with Crippen molar-refractivity contribution >= 4 is 0 Å². The van der Waals surface area contributed by atoms with E-state index in [1.807, 2.05) is 13.8 Å². The molecule has 0 saturated carbocycles. The molecule has 1 nitrogen and oxygen atoms in total. The van der Waals surface area contributed by atoms with Crippen molar-refractivity contribution < 1.29 is 8.78 Å². The molecule has 0 spiro atoms. The highest BCUT2D eigenvalue weighted by molar-refractivity contribution is 5.36. The third-order valence-corrected chi connectivity index (χ3v) is 2.97. The van der Waals surface area contributed by atoms with Crippen LogP contribution in [0.5, 0.6) is 0 Å². The summed E-state index contributed by atoms with van der Waals surface area (Å²) in [6, 6.07) is 8.57. The molecule has 0 atom stereocenters. The van der Waals surface area contributed by atoms with Crippen molar-refractivity contribution in [2.45, 2.75) is 19.9 Å². The summed E-state index contributed by atoms with van der Waals surface area (Å²) in [5.74, 6) is -0.817. The van der Waals surface area contributed by atoms with Crippen LogP contribution in [0.25, 0.3) is 0 Å². The van der Waals surface area contributed by atoms with E-state index >= 15 is 0 Å². The van der Waals surface area contributed by atoms with E-state index in [4.69, 9.17) is 5.73 Å². The second-order valence-corrected chi connectivity index (χ2v) is 4.53. The van der Waals surface area contributed by atoms with Gasteiger partial charge in [0.15, 0.2) is 0 Å². The molecule has 94 valence electrons. The molecule has 3 heteroatoms. The average Bonchev–Trinajstić information content (AvgIpc) is 2.34. The van der Waals surface area contributed by atoms with E-state index in [9.17, 15) is 8.78 Å². The van der Waals surface area contributed by atoms with Crippen LogP contribution >= 0.6 is 0 Å². The molecule has 0 aliphatic rings. The third kappa shape index (κ3) is 2.41. The zero-order chi connectivity index (χ0) is 13.3. The average molecular weight is 247 g/mol. The molecule has 0 radical (unpaired) electrons. The topological polar surface area (TPSA) is 26.0 Å². The Morgan fingerprint density at radius 3 is 1.61 bits per heavy atom. The first-order chi connectivity index (χ1) is 8.49. The molecule has 2 aromatic rings. The van der Waals surface area contributed by atoms with E-state index in [1.165, 1.54) is 12.1 Å².